The minimum absolute atomic E-state index is 0.0613. The van der Waals surface area contributed by atoms with E-state index in [1.807, 2.05) is 37.3 Å². The molecule has 1 heterocycles. The summed E-state index contributed by atoms with van der Waals surface area (Å²) in [6.45, 7) is 1.70. The van der Waals surface area contributed by atoms with Crippen LogP contribution in [-0.2, 0) is 19.1 Å². The molecule has 2 aromatic carbocycles. The molecule has 31 heavy (non-hydrogen) atoms. The van der Waals surface area contributed by atoms with Gasteiger partial charge < -0.3 is 20.3 Å². The van der Waals surface area contributed by atoms with E-state index in [0.29, 0.717) is 11.3 Å². The van der Waals surface area contributed by atoms with Crippen LogP contribution < -0.4 is 10.6 Å². The van der Waals surface area contributed by atoms with E-state index in [0.717, 1.165) is 5.56 Å². The zero-order chi connectivity index (χ0) is 22.4. The molecule has 0 unspecified atom stereocenters. The third kappa shape index (κ3) is 5.48. The number of rotatable bonds is 7. The topological polar surface area (TPSA) is 105 Å². The van der Waals surface area contributed by atoms with E-state index in [-0.39, 0.29) is 30.8 Å². The summed E-state index contributed by atoms with van der Waals surface area (Å²) in [5.74, 6) is -2.11. The highest BCUT2D eigenvalue weighted by molar-refractivity contribution is 5.97. The first kappa shape index (κ1) is 22.0. The largest absolute Gasteiger partial charge is 0.455 e. The van der Waals surface area contributed by atoms with E-state index in [9.17, 15) is 19.2 Å². The Labute approximate surface area is 180 Å². The molecule has 8 nitrogen and oxygen atoms in total. The molecule has 2 atom stereocenters. The van der Waals surface area contributed by atoms with Crippen molar-refractivity contribution in [1.29, 1.82) is 0 Å². The highest BCUT2D eigenvalue weighted by Gasteiger charge is 2.38. The lowest BCUT2D eigenvalue weighted by Crippen LogP contribution is -2.30. The Bertz CT molecular complexity index is 976. The number of anilines is 1. The lowest BCUT2D eigenvalue weighted by Gasteiger charge is -2.25. The SMILES string of the molecule is CNC(=O)c1cccc(NC(=O)COC(=O)[C@H]2CC(=O)N([C@H](C)c3ccccc3)C2)c1. The third-order valence-corrected chi connectivity index (χ3v) is 5.22. The molecule has 2 N–H and O–H groups in total. The van der Waals surface area contributed by atoms with Gasteiger partial charge in [0.25, 0.3) is 11.8 Å². The number of ether oxygens (including phenoxy) is 1. The number of likely N-dealkylation sites (tertiary alicyclic amines) is 1. The first-order valence-corrected chi connectivity index (χ1v) is 10.0. The van der Waals surface area contributed by atoms with Crippen LogP contribution in [0.3, 0.4) is 0 Å². The molecule has 1 saturated heterocycles. The minimum Gasteiger partial charge on any atom is -0.455 e. The molecule has 8 heteroatoms. The quantitative estimate of drug-likeness (QED) is 0.664. The Hall–Kier alpha value is -3.68. The number of carbonyl (C=O) groups is 4. The first-order valence-electron chi connectivity index (χ1n) is 10.0. The number of hydrogen-bond donors (Lipinski definition) is 2. The van der Waals surface area contributed by atoms with Gasteiger partial charge in [-0.2, -0.15) is 0 Å². The maximum atomic E-state index is 12.4. The predicted octanol–water partition coefficient (Wildman–Crippen LogP) is 2.14. The molecule has 0 aromatic heterocycles. The number of nitrogens with zero attached hydrogens (tertiary/aromatic N) is 1. The molecule has 1 aliphatic rings. The molecule has 0 radical (unpaired) electrons. The van der Waals surface area contributed by atoms with Crippen molar-refractivity contribution in [3.63, 3.8) is 0 Å². The summed E-state index contributed by atoms with van der Waals surface area (Å²) in [6, 6.07) is 15.8. The maximum absolute atomic E-state index is 12.4. The van der Waals surface area contributed by atoms with Crippen molar-refractivity contribution < 1.29 is 23.9 Å². The van der Waals surface area contributed by atoms with Crippen LogP contribution in [0, 0.1) is 5.92 Å². The van der Waals surface area contributed by atoms with Crippen LogP contribution in [0.1, 0.15) is 35.3 Å². The van der Waals surface area contributed by atoms with Crippen molar-refractivity contribution in [3.05, 3.63) is 65.7 Å². The average Bonchev–Trinajstić information content (AvgIpc) is 3.18. The molecule has 1 aliphatic heterocycles. The monoisotopic (exact) mass is 423 g/mol. The summed E-state index contributed by atoms with van der Waals surface area (Å²) >= 11 is 0. The van der Waals surface area contributed by atoms with Crippen molar-refractivity contribution in [3.8, 4) is 0 Å². The van der Waals surface area contributed by atoms with Crippen LogP contribution in [0.15, 0.2) is 54.6 Å². The number of amides is 3. The highest BCUT2D eigenvalue weighted by atomic mass is 16.5. The molecule has 0 spiro atoms. The van der Waals surface area contributed by atoms with Gasteiger partial charge in [-0.3, -0.25) is 19.2 Å². The fourth-order valence-electron chi connectivity index (χ4n) is 3.51. The molecule has 0 aliphatic carbocycles. The van der Waals surface area contributed by atoms with Gasteiger partial charge in [0.1, 0.15) is 0 Å². The smallest absolute Gasteiger partial charge is 0.311 e. The molecule has 0 saturated carbocycles. The Kier molecular flexibility index (Phi) is 7.02. The average molecular weight is 423 g/mol. The normalized spacial score (nSPS) is 16.5. The molecule has 2 aromatic rings. The van der Waals surface area contributed by atoms with Crippen LogP contribution in [0.4, 0.5) is 5.69 Å². The van der Waals surface area contributed by atoms with E-state index in [2.05, 4.69) is 10.6 Å². The van der Waals surface area contributed by atoms with Gasteiger partial charge >= 0.3 is 5.97 Å². The fourth-order valence-corrected chi connectivity index (χ4v) is 3.51. The Morgan fingerprint density at radius 1 is 1.13 bits per heavy atom. The number of carbonyl (C=O) groups excluding carboxylic acids is 4. The molecule has 3 amide bonds. The summed E-state index contributed by atoms with van der Waals surface area (Å²) in [6.07, 6.45) is 0.0613. The van der Waals surface area contributed by atoms with E-state index in [4.69, 9.17) is 4.74 Å². The molecule has 1 fully saturated rings. The summed E-state index contributed by atoms with van der Waals surface area (Å²) < 4.78 is 5.13. The fraction of sp³-hybridized carbons (Fsp3) is 0.304. The zero-order valence-electron chi connectivity index (χ0n) is 17.5. The van der Waals surface area contributed by atoms with E-state index in [1.165, 1.54) is 13.1 Å². The maximum Gasteiger partial charge on any atom is 0.311 e. The van der Waals surface area contributed by atoms with E-state index >= 15 is 0 Å². The van der Waals surface area contributed by atoms with Crippen molar-refractivity contribution in [2.24, 2.45) is 5.92 Å². The van der Waals surface area contributed by atoms with Gasteiger partial charge in [-0.25, -0.2) is 0 Å². The van der Waals surface area contributed by atoms with Gasteiger partial charge in [-0.1, -0.05) is 36.4 Å². The molecule has 162 valence electrons. The molecule has 3 rings (SSSR count). The summed E-state index contributed by atoms with van der Waals surface area (Å²) in [7, 11) is 1.52. The Morgan fingerprint density at radius 2 is 1.87 bits per heavy atom. The van der Waals surface area contributed by atoms with Gasteiger partial charge in [-0.15, -0.1) is 0 Å². The van der Waals surface area contributed by atoms with Crippen LogP contribution >= 0.6 is 0 Å². The van der Waals surface area contributed by atoms with Crippen LogP contribution in [0.2, 0.25) is 0 Å². The summed E-state index contributed by atoms with van der Waals surface area (Å²) in [5.41, 5.74) is 1.80. The Balaban J connectivity index is 1.51. The number of esters is 1. The van der Waals surface area contributed by atoms with Crippen LogP contribution in [-0.4, -0.2) is 48.8 Å². The van der Waals surface area contributed by atoms with E-state index in [1.54, 1.807) is 23.1 Å². The molecular weight excluding hydrogens is 398 g/mol. The highest BCUT2D eigenvalue weighted by Crippen LogP contribution is 2.29. The lowest BCUT2D eigenvalue weighted by atomic mass is 10.1. The van der Waals surface area contributed by atoms with Crippen molar-refractivity contribution >= 4 is 29.4 Å². The Morgan fingerprint density at radius 3 is 2.58 bits per heavy atom. The molecule has 0 bridgehead atoms. The number of nitrogens with one attached hydrogen (secondary N) is 2. The summed E-state index contributed by atoms with van der Waals surface area (Å²) in [5, 5.41) is 5.10. The van der Waals surface area contributed by atoms with E-state index < -0.39 is 24.4 Å². The second-order valence-corrected chi connectivity index (χ2v) is 7.35. The van der Waals surface area contributed by atoms with Gasteiger partial charge in [0.15, 0.2) is 6.61 Å². The first-order chi connectivity index (χ1) is 14.9. The van der Waals surface area contributed by atoms with Crippen molar-refractivity contribution in [1.82, 2.24) is 10.2 Å². The van der Waals surface area contributed by atoms with Crippen molar-refractivity contribution in [2.75, 3.05) is 25.5 Å². The molecular formula is C23H25N3O5. The third-order valence-electron chi connectivity index (χ3n) is 5.22. The van der Waals surface area contributed by atoms with Crippen LogP contribution in [0.5, 0.6) is 0 Å². The standard InChI is InChI=1S/C23H25N3O5/c1-15(16-7-4-3-5-8-16)26-13-18(12-21(26)28)23(30)31-14-20(27)25-19-10-6-9-17(11-19)22(29)24-2/h3-11,15,18H,12-14H2,1-2H3,(H,24,29)(H,25,27)/t15-,18+/m1/s1. The van der Waals surface area contributed by atoms with Gasteiger partial charge in [-0.05, 0) is 30.7 Å². The lowest BCUT2D eigenvalue weighted by molar-refractivity contribution is -0.151. The van der Waals surface area contributed by atoms with Gasteiger partial charge in [0.05, 0.1) is 12.0 Å². The van der Waals surface area contributed by atoms with Gasteiger partial charge in [0.2, 0.25) is 5.91 Å². The summed E-state index contributed by atoms with van der Waals surface area (Å²) in [4.78, 5) is 50.3. The zero-order valence-corrected chi connectivity index (χ0v) is 17.5. The van der Waals surface area contributed by atoms with Crippen molar-refractivity contribution in [2.45, 2.75) is 19.4 Å². The second kappa shape index (κ2) is 9.88. The number of benzene rings is 2. The second-order valence-electron chi connectivity index (χ2n) is 7.35. The van der Waals surface area contributed by atoms with Crippen LogP contribution in [0.25, 0.3) is 0 Å². The number of hydrogen-bond acceptors (Lipinski definition) is 5. The van der Waals surface area contributed by atoms with Gasteiger partial charge in [0, 0.05) is 31.3 Å². The minimum atomic E-state index is -0.608. The predicted molar refractivity (Wildman–Crippen MR) is 114 cm³/mol.